The number of anilines is 1. The summed E-state index contributed by atoms with van der Waals surface area (Å²) in [5, 5.41) is 3.09. The molecule has 1 aromatic heterocycles. The molecule has 1 saturated carbocycles. The van der Waals surface area contributed by atoms with Crippen molar-refractivity contribution in [2.45, 2.75) is 37.5 Å². The van der Waals surface area contributed by atoms with Gasteiger partial charge in [-0.3, -0.25) is 0 Å². The Morgan fingerprint density at radius 1 is 1.42 bits per heavy atom. The number of aromatic nitrogens is 1. The summed E-state index contributed by atoms with van der Waals surface area (Å²) < 4.78 is 26.9. The quantitative estimate of drug-likeness (QED) is 0.802. The fourth-order valence-corrected chi connectivity index (χ4v) is 3.06. The van der Waals surface area contributed by atoms with Crippen molar-refractivity contribution in [3.8, 4) is 0 Å². The van der Waals surface area contributed by atoms with Gasteiger partial charge in [0.1, 0.15) is 5.82 Å². The standard InChI is InChI=1S/C13H21N3O2S/c1-2-7-14-13-9-12(6-8-15-13)19(17,18)16-10-11-4-3-5-11/h6,8-9,11,16H,2-5,7,10H2,1H3,(H,14,15). The summed E-state index contributed by atoms with van der Waals surface area (Å²) in [6.07, 6.45) is 5.96. The fourth-order valence-electron chi connectivity index (χ4n) is 1.94. The van der Waals surface area contributed by atoms with Crippen molar-refractivity contribution < 1.29 is 8.42 Å². The topological polar surface area (TPSA) is 71.1 Å². The summed E-state index contributed by atoms with van der Waals surface area (Å²) in [5.74, 6) is 1.11. The van der Waals surface area contributed by atoms with Gasteiger partial charge < -0.3 is 5.32 Å². The van der Waals surface area contributed by atoms with Gasteiger partial charge in [-0.15, -0.1) is 0 Å². The first-order valence-electron chi connectivity index (χ1n) is 6.81. The first-order chi connectivity index (χ1) is 9.12. The van der Waals surface area contributed by atoms with E-state index in [9.17, 15) is 8.42 Å². The Morgan fingerprint density at radius 2 is 2.21 bits per heavy atom. The van der Waals surface area contributed by atoms with E-state index in [1.54, 1.807) is 6.07 Å². The van der Waals surface area contributed by atoms with Crippen LogP contribution < -0.4 is 10.0 Å². The van der Waals surface area contributed by atoms with E-state index in [4.69, 9.17) is 0 Å². The van der Waals surface area contributed by atoms with Gasteiger partial charge in [-0.05, 0) is 31.2 Å². The zero-order chi connectivity index (χ0) is 13.7. The zero-order valence-corrected chi connectivity index (χ0v) is 12.0. The van der Waals surface area contributed by atoms with Crippen molar-refractivity contribution in [2.75, 3.05) is 18.4 Å². The minimum Gasteiger partial charge on any atom is -0.370 e. The summed E-state index contributed by atoms with van der Waals surface area (Å²) in [4.78, 5) is 4.39. The third kappa shape index (κ3) is 3.91. The summed E-state index contributed by atoms with van der Waals surface area (Å²) in [6, 6.07) is 3.11. The molecule has 1 aliphatic rings. The molecular weight excluding hydrogens is 262 g/mol. The molecule has 1 fully saturated rings. The first-order valence-corrected chi connectivity index (χ1v) is 8.29. The highest BCUT2D eigenvalue weighted by Gasteiger charge is 2.21. The van der Waals surface area contributed by atoms with Gasteiger partial charge in [-0.25, -0.2) is 18.1 Å². The van der Waals surface area contributed by atoms with Crippen LogP contribution in [0, 0.1) is 5.92 Å². The molecule has 2 N–H and O–H groups in total. The molecule has 0 radical (unpaired) electrons. The SMILES string of the molecule is CCCNc1cc(S(=O)(=O)NCC2CCC2)ccn1. The molecule has 106 valence electrons. The van der Waals surface area contributed by atoms with Crippen molar-refractivity contribution in [1.82, 2.24) is 9.71 Å². The third-order valence-electron chi connectivity index (χ3n) is 3.38. The monoisotopic (exact) mass is 283 g/mol. The van der Waals surface area contributed by atoms with Crippen LogP contribution in [0.3, 0.4) is 0 Å². The first kappa shape index (κ1) is 14.3. The molecule has 0 bridgehead atoms. The molecule has 1 heterocycles. The van der Waals surface area contributed by atoms with Gasteiger partial charge in [0.25, 0.3) is 0 Å². The summed E-state index contributed by atoms with van der Waals surface area (Å²) in [6.45, 7) is 3.38. The molecule has 0 aliphatic heterocycles. The van der Waals surface area contributed by atoms with Crippen LogP contribution >= 0.6 is 0 Å². The Hall–Kier alpha value is -1.14. The smallest absolute Gasteiger partial charge is 0.240 e. The lowest BCUT2D eigenvalue weighted by Crippen LogP contribution is -2.32. The fraction of sp³-hybridized carbons (Fsp3) is 0.615. The van der Waals surface area contributed by atoms with Gasteiger partial charge in [0.2, 0.25) is 10.0 Å². The van der Waals surface area contributed by atoms with Gasteiger partial charge in [-0.1, -0.05) is 13.3 Å². The van der Waals surface area contributed by atoms with Crippen molar-refractivity contribution in [3.63, 3.8) is 0 Å². The van der Waals surface area contributed by atoms with E-state index in [2.05, 4.69) is 15.0 Å². The molecule has 0 unspecified atom stereocenters. The molecule has 1 aromatic rings. The molecule has 0 atom stereocenters. The number of rotatable bonds is 7. The van der Waals surface area contributed by atoms with E-state index in [1.807, 2.05) is 6.92 Å². The molecule has 0 aromatic carbocycles. The summed E-state index contributed by atoms with van der Waals surface area (Å²) in [7, 11) is -3.41. The Bertz CT molecular complexity index is 512. The maximum absolute atomic E-state index is 12.1. The Kier molecular flexibility index (Phi) is 4.76. The van der Waals surface area contributed by atoms with Crippen LogP contribution in [0.4, 0.5) is 5.82 Å². The Labute approximate surface area is 114 Å². The Balaban J connectivity index is 2.01. The van der Waals surface area contributed by atoms with Crippen molar-refractivity contribution in [2.24, 2.45) is 5.92 Å². The van der Waals surface area contributed by atoms with Crippen molar-refractivity contribution in [3.05, 3.63) is 18.3 Å². The predicted octanol–water partition coefficient (Wildman–Crippen LogP) is 1.98. The summed E-state index contributed by atoms with van der Waals surface area (Å²) >= 11 is 0. The summed E-state index contributed by atoms with van der Waals surface area (Å²) in [5.41, 5.74) is 0. The molecule has 19 heavy (non-hydrogen) atoms. The third-order valence-corrected chi connectivity index (χ3v) is 4.81. The van der Waals surface area contributed by atoms with Gasteiger partial charge >= 0.3 is 0 Å². The van der Waals surface area contributed by atoms with Crippen LogP contribution in [0.25, 0.3) is 0 Å². The molecule has 0 spiro atoms. The highest BCUT2D eigenvalue weighted by atomic mass is 32.2. The lowest BCUT2D eigenvalue weighted by Gasteiger charge is -2.25. The number of nitrogens with one attached hydrogen (secondary N) is 2. The van der Waals surface area contributed by atoms with E-state index in [0.29, 0.717) is 18.3 Å². The van der Waals surface area contributed by atoms with E-state index < -0.39 is 10.0 Å². The molecule has 1 aliphatic carbocycles. The minimum absolute atomic E-state index is 0.278. The largest absolute Gasteiger partial charge is 0.370 e. The predicted molar refractivity (Wildman–Crippen MR) is 75.5 cm³/mol. The zero-order valence-electron chi connectivity index (χ0n) is 11.2. The number of nitrogens with zero attached hydrogens (tertiary/aromatic N) is 1. The molecule has 5 nitrogen and oxygen atoms in total. The number of sulfonamides is 1. The Morgan fingerprint density at radius 3 is 2.84 bits per heavy atom. The second kappa shape index (κ2) is 6.34. The minimum atomic E-state index is -3.41. The second-order valence-electron chi connectivity index (χ2n) is 4.95. The van der Waals surface area contributed by atoms with E-state index in [1.165, 1.54) is 18.7 Å². The van der Waals surface area contributed by atoms with Gasteiger partial charge in [0, 0.05) is 25.4 Å². The lowest BCUT2D eigenvalue weighted by molar-refractivity contribution is 0.316. The molecule has 2 rings (SSSR count). The number of hydrogen-bond acceptors (Lipinski definition) is 4. The van der Waals surface area contributed by atoms with Crippen molar-refractivity contribution >= 4 is 15.8 Å². The van der Waals surface area contributed by atoms with Gasteiger partial charge in [0.15, 0.2) is 0 Å². The second-order valence-corrected chi connectivity index (χ2v) is 6.72. The van der Waals surface area contributed by atoms with E-state index >= 15 is 0 Å². The lowest BCUT2D eigenvalue weighted by atomic mass is 9.86. The van der Waals surface area contributed by atoms with Crippen molar-refractivity contribution in [1.29, 1.82) is 0 Å². The van der Waals surface area contributed by atoms with Crippen LogP contribution in [0.5, 0.6) is 0 Å². The molecular formula is C13H21N3O2S. The average molecular weight is 283 g/mol. The molecule has 0 amide bonds. The van der Waals surface area contributed by atoms with Gasteiger partial charge in [0.05, 0.1) is 4.90 Å². The van der Waals surface area contributed by atoms with Crippen LogP contribution in [-0.2, 0) is 10.0 Å². The molecule has 6 heteroatoms. The van der Waals surface area contributed by atoms with Crippen LogP contribution in [0.2, 0.25) is 0 Å². The van der Waals surface area contributed by atoms with Crippen LogP contribution in [0.15, 0.2) is 23.2 Å². The maximum atomic E-state index is 12.1. The number of hydrogen-bond donors (Lipinski definition) is 2. The van der Waals surface area contributed by atoms with Crippen LogP contribution in [0.1, 0.15) is 32.6 Å². The van der Waals surface area contributed by atoms with E-state index in [0.717, 1.165) is 25.8 Å². The van der Waals surface area contributed by atoms with Crippen LogP contribution in [-0.4, -0.2) is 26.5 Å². The number of pyridine rings is 1. The maximum Gasteiger partial charge on any atom is 0.240 e. The van der Waals surface area contributed by atoms with E-state index in [-0.39, 0.29) is 4.90 Å². The highest BCUT2D eigenvalue weighted by Crippen LogP contribution is 2.25. The van der Waals surface area contributed by atoms with Gasteiger partial charge in [-0.2, -0.15) is 0 Å². The normalized spacial score (nSPS) is 16.1. The highest BCUT2D eigenvalue weighted by molar-refractivity contribution is 7.89. The molecule has 0 saturated heterocycles. The average Bonchev–Trinajstić information content (AvgIpc) is 2.35.